The summed E-state index contributed by atoms with van der Waals surface area (Å²) in [4.78, 5) is 0. The fraction of sp³-hybridized carbons (Fsp3) is 0.362. The van der Waals surface area contributed by atoms with Gasteiger partial charge in [0.25, 0.3) is 0 Å². The summed E-state index contributed by atoms with van der Waals surface area (Å²) in [6, 6.07) is 38.6. The van der Waals surface area contributed by atoms with Crippen molar-refractivity contribution >= 4 is 11.4 Å². The van der Waals surface area contributed by atoms with Gasteiger partial charge in [0.05, 0.1) is 5.57 Å². The molecule has 0 aliphatic carbocycles. The first-order valence-corrected chi connectivity index (χ1v) is 20.3. The van der Waals surface area contributed by atoms with Crippen LogP contribution in [0.1, 0.15) is 118 Å². The summed E-state index contributed by atoms with van der Waals surface area (Å²) >= 11 is 1.78. The number of benzene rings is 4. The summed E-state index contributed by atoms with van der Waals surface area (Å²) in [5, 5.41) is 2.23. The standard InChI is InChI=1S/C33H44N2.2C7H7.Ni/c1-4-7-10-11-12-13-14-21-31-26-32(29-22-15-19-27(24-29)17-8-5-2)35(34)33(31)30-23-16-20-28(25-30)18-9-6-3;2*1-7-5-3-2-4-6-7;/h14-16,19-26H,4-13,17-18H2,1-3H3;2*2-6H,1H2;. The summed E-state index contributed by atoms with van der Waals surface area (Å²) in [5.74, 6) is 0. The Balaban J connectivity index is 0.000000310. The Hall–Kier alpha value is -3.81. The zero-order valence-corrected chi connectivity index (χ0v) is 31.7. The molecule has 0 radical (unpaired) electrons. The molecule has 5 rings (SSSR count). The molecule has 0 saturated heterocycles. The van der Waals surface area contributed by atoms with Gasteiger partial charge in [0, 0.05) is 17.2 Å². The second kappa shape index (κ2) is 22.8. The molecule has 3 heteroatoms. The van der Waals surface area contributed by atoms with E-state index in [9.17, 15) is 5.53 Å². The van der Waals surface area contributed by atoms with Crippen molar-refractivity contribution in [2.45, 2.75) is 109 Å². The van der Waals surface area contributed by atoms with Crippen LogP contribution in [0.5, 0.6) is 0 Å². The number of hydrogen-bond acceptors (Lipinski definition) is 0. The fourth-order valence-corrected chi connectivity index (χ4v) is 7.23. The molecule has 2 nitrogen and oxygen atoms in total. The van der Waals surface area contributed by atoms with Crippen molar-refractivity contribution in [2.75, 3.05) is 0 Å². The second-order valence-corrected chi connectivity index (χ2v) is 14.4. The first-order chi connectivity index (χ1) is 24.6. The minimum atomic E-state index is 0.861. The number of unbranched alkanes of at least 4 members (excludes halogenated alkanes) is 7. The quantitative estimate of drug-likeness (QED) is 0.0526. The van der Waals surface area contributed by atoms with Crippen LogP contribution < -0.4 is 0 Å². The molecule has 0 unspecified atom stereocenters. The van der Waals surface area contributed by atoms with E-state index in [1.165, 1.54) is 84.7 Å². The SMILES string of the molecule is CCCCCCCC=CC1=C(c2cccc(CCCC)c2)[N+](=[N-])C(c2cccc(CCCC)c2)=C1.c1ccc([CH2][Ni][CH2]c2ccccc2)cc1. The van der Waals surface area contributed by atoms with Crippen molar-refractivity contribution in [1.82, 2.24) is 0 Å². The Morgan fingerprint density at radius 2 is 1.08 bits per heavy atom. The molecule has 0 atom stereocenters. The third-order valence-corrected chi connectivity index (χ3v) is 10.2. The minimum absolute atomic E-state index is 0.861. The van der Waals surface area contributed by atoms with E-state index in [0.29, 0.717) is 0 Å². The molecule has 4 aromatic rings. The van der Waals surface area contributed by atoms with Crippen LogP contribution in [0.3, 0.4) is 0 Å². The van der Waals surface area contributed by atoms with Gasteiger partial charge in [-0.15, -0.1) is 0 Å². The number of allylic oxidation sites excluding steroid dienone is 4. The predicted molar refractivity (Wildman–Crippen MR) is 211 cm³/mol. The van der Waals surface area contributed by atoms with E-state index in [0.717, 1.165) is 58.1 Å². The van der Waals surface area contributed by atoms with Gasteiger partial charge in [-0.05, 0) is 73.9 Å². The van der Waals surface area contributed by atoms with Gasteiger partial charge >= 0.3 is 97.0 Å². The number of aryl methyl sites for hydroxylation is 2. The van der Waals surface area contributed by atoms with Crippen LogP contribution in [0.15, 0.2) is 133 Å². The third-order valence-electron chi connectivity index (χ3n) is 8.94. The van der Waals surface area contributed by atoms with Crippen LogP contribution in [0.4, 0.5) is 0 Å². The van der Waals surface area contributed by atoms with E-state index >= 15 is 0 Å². The Labute approximate surface area is 309 Å². The van der Waals surface area contributed by atoms with E-state index in [-0.39, 0.29) is 0 Å². The van der Waals surface area contributed by atoms with Crippen LogP contribution >= 0.6 is 0 Å². The summed E-state index contributed by atoms with van der Waals surface area (Å²) in [6.07, 6.45) is 21.1. The van der Waals surface area contributed by atoms with E-state index in [1.54, 1.807) is 14.4 Å². The molecule has 0 aromatic heterocycles. The maximum absolute atomic E-state index is 11.4. The summed E-state index contributed by atoms with van der Waals surface area (Å²) < 4.78 is 1.42. The molecule has 4 aromatic carbocycles. The van der Waals surface area contributed by atoms with Gasteiger partial charge in [0.1, 0.15) is 0 Å². The average Bonchev–Trinajstić information content (AvgIpc) is 3.49. The summed E-state index contributed by atoms with van der Waals surface area (Å²) in [7, 11) is 0. The molecular weight excluding hydrogens is 651 g/mol. The van der Waals surface area contributed by atoms with Crippen molar-refractivity contribution in [2.24, 2.45) is 0 Å². The molecule has 266 valence electrons. The molecule has 1 aliphatic heterocycles. The Kier molecular flexibility index (Phi) is 17.8. The summed E-state index contributed by atoms with van der Waals surface area (Å²) in [5.41, 5.74) is 21.9. The second-order valence-electron chi connectivity index (χ2n) is 13.2. The van der Waals surface area contributed by atoms with Crippen LogP contribution in [0.25, 0.3) is 16.9 Å². The molecule has 1 heterocycles. The summed E-state index contributed by atoms with van der Waals surface area (Å²) in [6.45, 7) is 6.72. The Morgan fingerprint density at radius 3 is 1.66 bits per heavy atom. The topological polar surface area (TPSA) is 25.3 Å². The maximum atomic E-state index is 11.4. The molecular formula is C47H58N2Ni. The normalized spacial score (nSPS) is 12.8. The van der Waals surface area contributed by atoms with Gasteiger partial charge in [0.15, 0.2) is 0 Å². The number of rotatable bonds is 19. The molecule has 0 amide bonds. The number of nitrogens with zero attached hydrogens (tertiary/aromatic N) is 2. The zero-order chi connectivity index (χ0) is 35.2. The Bertz CT molecular complexity index is 1630. The van der Waals surface area contributed by atoms with Gasteiger partial charge in [-0.3, -0.25) is 0 Å². The first kappa shape index (κ1) is 39.0. The molecule has 0 spiro atoms. The predicted octanol–water partition coefficient (Wildman–Crippen LogP) is 13.6. The van der Waals surface area contributed by atoms with E-state index in [2.05, 4.69) is 148 Å². The van der Waals surface area contributed by atoms with Crippen molar-refractivity contribution in [3.63, 3.8) is 0 Å². The molecule has 1 aliphatic rings. The average molecular weight is 710 g/mol. The van der Waals surface area contributed by atoms with E-state index < -0.39 is 0 Å². The molecule has 0 saturated carbocycles. The van der Waals surface area contributed by atoms with Crippen LogP contribution in [0, 0.1) is 0 Å². The van der Waals surface area contributed by atoms with Crippen molar-refractivity contribution in [3.8, 4) is 0 Å². The molecule has 50 heavy (non-hydrogen) atoms. The number of hydrogen-bond donors (Lipinski definition) is 0. The van der Waals surface area contributed by atoms with Gasteiger partial charge in [0.2, 0.25) is 11.4 Å². The molecule has 0 fully saturated rings. The third kappa shape index (κ3) is 13.1. The van der Waals surface area contributed by atoms with Gasteiger partial charge in [-0.1, -0.05) is 95.7 Å². The van der Waals surface area contributed by atoms with Crippen LogP contribution in [0.2, 0.25) is 0 Å². The van der Waals surface area contributed by atoms with Gasteiger partial charge in [-0.2, -0.15) is 0 Å². The zero-order valence-electron chi connectivity index (χ0n) is 30.7. The molecule has 0 N–H and O–H groups in total. The van der Waals surface area contributed by atoms with Crippen LogP contribution in [-0.4, -0.2) is 4.70 Å². The first-order valence-electron chi connectivity index (χ1n) is 19.0. The monoisotopic (exact) mass is 708 g/mol. The van der Waals surface area contributed by atoms with Crippen molar-refractivity contribution < 1.29 is 19.1 Å². The van der Waals surface area contributed by atoms with Gasteiger partial charge < -0.3 is 5.53 Å². The Morgan fingerprint density at radius 1 is 0.560 bits per heavy atom. The van der Waals surface area contributed by atoms with Crippen LogP contribution in [-0.2, 0) is 38.1 Å². The van der Waals surface area contributed by atoms with Crippen molar-refractivity contribution in [3.05, 3.63) is 172 Å². The van der Waals surface area contributed by atoms with Gasteiger partial charge in [-0.25, -0.2) is 4.70 Å². The van der Waals surface area contributed by atoms with E-state index in [1.807, 2.05) is 0 Å². The van der Waals surface area contributed by atoms with Crippen molar-refractivity contribution in [1.29, 1.82) is 0 Å². The fourth-order valence-electron chi connectivity index (χ4n) is 6.07. The molecule has 0 bridgehead atoms. The van der Waals surface area contributed by atoms with E-state index in [4.69, 9.17) is 0 Å².